The summed E-state index contributed by atoms with van der Waals surface area (Å²) in [5, 5.41) is 8.69. The molecule has 4 heteroatoms. The fourth-order valence-corrected chi connectivity index (χ4v) is 1.04. The molecule has 0 unspecified atom stereocenters. The topological polar surface area (TPSA) is 51.5 Å². The molecule has 1 rings (SSSR count). The molecule has 0 aliphatic heterocycles. The molecule has 4 nitrogen and oxygen atoms in total. The van der Waals surface area contributed by atoms with Gasteiger partial charge in [-0.1, -0.05) is 0 Å². The molecule has 15 heavy (non-hydrogen) atoms. The summed E-state index contributed by atoms with van der Waals surface area (Å²) in [6.07, 6.45) is 0. The maximum absolute atomic E-state index is 8.69. The van der Waals surface area contributed by atoms with Crippen LogP contribution in [-0.4, -0.2) is 20.5 Å². The van der Waals surface area contributed by atoms with E-state index in [0.29, 0.717) is 23.7 Å². The lowest BCUT2D eigenvalue weighted by Gasteiger charge is -2.10. The van der Waals surface area contributed by atoms with Gasteiger partial charge in [-0.25, -0.2) is 0 Å². The van der Waals surface area contributed by atoms with Crippen molar-refractivity contribution in [2.75, 3.05) is 20.5 Å². The maximum atomic E-state index is 8.69. The third-order valence-corrected chi connectivity index (χ3v) is 1.79. The monoisotopic (exact) mass is 207 g/mol. The second kappa shape index (κ2) is 5.89. The van der Waals surface area contributed by atoms with Crippen LogP contribution in [0.25, 0.3) is 0 Å². The van der Waals surface area contributed by atoms with Crippen molar-refractivity contribution in [3.63, 3.8) is 0 Å². The largest absolute Gasteiger partial charge is 0.493 e. The van der Waals surface area contributed by atoms with Gasteiger partial charge in [0.1, 0.15) is 0 Å². The zero-order chi connectivity index (χ0) is 11.1. The lowest BCUT2D eigenvalue weighted by Crippen LogP contribution is -2.03. The molecular weight excluding hydrogens is 194 g/mol. The molecule has 0 aromatic heterocycles. The average molecular weight is 207 g/mol. The maximum Gasteiger partial charge on any atom is 0.189 e. The third kappa shape index (κ3) is 3.15. The number of ether oxygens (including phenoxy) is 3. The van der Waals surface area contributed by atoms with E-state index < -0.39 is 0 Å². The fraction of sp³-hybridized carbons (Fsp3) is 0.364. The van der Waals surface area contributed by atoms with E-state index in [0.717, 1.165) is 0 Å². The van der Waals surface area contributed by atoms with Crippen LogP contribution in [0.5, 0.6) is 11.5 Å². The Bertz CT molecular complexity index is 357. The zero-order valence-electron chi connectivity index (χ0n) is 8.82. The summed E-state index contributed by atoms with van der Waals surface area (Å²) in [7, 11) is 1.53. The summed E-state index contributed by atoms with van der Waals surface area (Å²) < 4.78 is 15.4. The second-order valence-electron chi connectivity index (χ2n) is 2.73. The van der Waals surface area contributed by atoms with Crippen molar-refractivity contribution in [1.29, 1.82) is 5.26 Å². The summed E-state index contributed by atoms with van der Waals surface area (Å²) in [6.45, 7) is 2.66. The van der Waals surface area contributed by atoms with Crippen LogP contribution in [-0.2, 0) is 4.74 Å². The predicted octanol–water partition coefficient (Wildman–Crippen LogP) is 1.94. The van der Waals surface area contributed by atoms with Crippen molar-refractivity contribution in [1.82, 2.24) is 0 Å². The fourth-order valence-electron chi connectivity index (χ4n) is 1.04. The summed E-state index contributed by atoms with van der Waals surface area (Å²) in [5.41, 5.74) is 0.538. The lowest BCUT2D eigenvalue weighted by molar-refractivity contribution is 0.0209. The molecule has 0 aliphatic carbocycles. The van der Waals surface area contributed by atoms with Gasteiger partial charge in [0, 0.05) is 12.7 Å². The van der Waals surface area contributed by atoms with Crippen LogP contribution >= 0.6 is 0 Å². The Hall–Kier alpha value is -1.73. The van der Waals surface area contributed by atoms with E-state index in [-0.39, 0.29) is 6.79 Å². The van der Waals surface area contributed by atoms with E-state index in [1.807, 2.05) is 13.0 Å². The van der Waals surface area contributed by atoms with E-state index in [1.165, 1.54) is 7.11 Å². The first-order valence-electron chi connectivity index (χ1n) is 4.60. The molecule has 0 saturated carbocycles. The number of nitriles is 1. The molecule has 0 radical (unpaired) electrons. The van der Waals surface area contributed by atoms with Gasteiger partial charge < -0.3 is 14.2 Å². The Labute approximate surface area is 89.0 Å². The minimum Gasteiger partial charge on any atom is -0.493 e. The normalized spacial score (nSPS) is 9.40. The number of hydrogen-bond acceptors (Lipinski definition) is 4. The first kappa shape index (κ1) is 11.3. The number of benzene rings is 1. The molecule has 0 atom stereocenters. The number of rotatable bonds is 5. The van der Waals surface area contributed by atoms with Gasteiger partial charge in [0.15, 0.2) is 18.3 Å². The van der Waals surface area contributed by atoms with Crippen molar-refractivity contribution >= 4 is 0 Å². The number of methoxy groups -OCH3 is 1. The van der Waals surface area contributed by atoms with Crippen LogP contribution < -0.4 is 9.47 Å². The Morgan fingerprint density at radius 2 is 2.13 bits per heavy atom. The number of nitrogens with zero attached hydrogens (tertiary/aromatic N) is 1. The molecule has 0 heterocycles. The average Bonchev–Trinajstić information content (AvgIpc) is 2.29. The Morgan fingerprint density at radius 3 is 2.73 bits per heavy atom. The molecule has 1 aromatic rings. The van der Waals surface area contributed by atoms with Crippen molar-refractivity contribution in [2.24, 2.45) is 0 Å². The smallest absolute Gasteiger partial charge is 0.189 e. The Balaban J connectivity index is 2.75. The van der Waals surface area contributed by atoms with Crippen LogP contribution in [0.4, 0.5) is 0 Å². The van der Waals surface area contributed by atoms with E-state index in [4.69, 9.17) is 19.5 Å². The molecule has 0 fully saturated rings. The van der Waals surface area contributed by atoms with Gasteiger partial charge in [0.25, 0.3) is 0 Å². The third-order valence-electron chi connectivity index (χ3n) is 1.79. The minimum atomic E-state index is 0.179. The molecule has 0 saturated heterocycles. The minimum absolute atomic E-state index is 0.179. The van der Waals surface area contributed by atoms with Gasteiger partial charge in [0.05, 0.1) is 18.7 Å². The van der Waals surface area contributed by atoms with Crippen molar-refractivity contribution in [2.45, 2.75) is 6.92 Å². The molecular formula is C11H13NO3. The van der Waals surface area contributed by atoms with Gasteiger partial charge in [-0.05, 0) is 19.1 Å². The summed E-state index contributed by atoms with van der Waals surface area (Å²) in [5.74, 6) is 1.11. The van der Waals surface area contributed by atoms with E-state index in [9.17, 15) is 0 Å². The van der Waals surface area contributed by atoms with Gasteiger partial charge in [-0.15, -0.1) is 0 Å². The highest BCUT2D eigenvalue weighted by Crippen LogP contribution is 2.27. The highest BCUT2D eigenvalue weighted by atomic mass is 16.7. The van der Waals surface area contributed by atoms with Crippen molar-refractivity contribution < 1.29 is 14.2 Å². The van der Waals surface area contributed by atoms with Crippen molar-refractivity contribution in [3.8, 4) is 17.6 Å². The molecule has 0 spiro atoms. The number of hydrogen-bond donors (Lipinski definition) is 0. The molecule has 1 aromatic carbocycles. The van der Waals surface area contributed by atoms with Crippen LogP contribution in [0.3, 0.4) is 0 Å². The van der Waals surface area contributed by atoms with Gasteiger partial charge in [-0.2, -0.15) is 5.26 Å². The van der Waals surface area contributed by atoms with Gasteiger partial charge >= 0.3 is 0 Å². The summed E-state index contributed by atoms with van der Waals surface area (Å²) in [4.78, 5) is 0. The van der Waals surface area contributed by atoms with Crippen LogP contribution in [0.1, 0.15) is 12.5 Å². The summed E-state index contributed by atoms with van der Waals surface area (Å²) >= 11 is 0. The lowest BCUT2D eigenvalue weighted by atomic mass is 10.2. The zero-order valence-corrected chi connectivity index (χ0v) is 8.82. The van der Waals surface area contributed by atoms with Crippen LogP contribution in [0.15, 0.2) is 18.2 Å². The van der Waals surface area contributed by atoms with Crippen LogP contribution in [0, 0.1) is 11.3 Å². The van der Waals surface area contributed by atoms with Gasteiger partial charge in [0.2, 0.25) is 0 Å². The Morgan fingerprint density at radius 1 is 1.33 bits per heavy atom. The Kier molecular flexibility index (Phi) is 4.45. The molecule has 0 bridgehead atoms. The molecule has 0 N–H and O–H groups in total. The standard InChI is InChI=1S/C11H13NO3/c1-3-14-8-15-10-5-4-9(7-12)6-11(10)13-2/h4-6H,3,8H2,1-2H3. The first-order chi connectivity index (χ1) is 7.31. The predicted molar refractivity (Wildman–Crippen MR) is 54.8 cm³/mol. The van der Waals surface area contributed by atoms with Crippen molar-refractivity contribution in [3.05, 3.63) is 23.8 Å². The van der Waals surface area contributed by atoms with Crippen LogP contribution in [0.2, 0.25) is 0 Å². The molecule has 0 aliphatic rings. The van der Waals surface area contributed by atoms with E-state index in [1.54, 1.807) is 18.2 Å². The highest BCUT2D eigenvalue weighted by molar-refractivity contribution is 5.46. The molecule has 80 valence electrons. The quantitative estimate of drug-likeness (QED) is 0.547. The highest BCUT2D eigenvalue weighted by Gasteiger charge is 2.04. The second-order valence-corrected chi connectivity index (χ2v) is 2.73. The summed E-state index contributed by atoms with van der Waals surface area (Å²) in [6, 6.07) is 7.02. The van der Waals surface area contributed by atoms with Gasteiger partial charge in [-0.3, -0.25) is 0 Å². The van der Waals surface area contributed by atoms with E-state index >= 15 is 0 Å². The first-order valence-corrected chi connectivity index (χ1v) is 4.60. The molecule has 0 amide bonds. The van der Waals surface area contributed by atoms with E-state index in [2.05, 4.69) is 0 Å². The SMILES string of the molecule is CCOCOc1ccc(C#N)cc1OC.